The summed E-state index contributed by atoms with van der Waals surface area (Å²) in [6, 6.07) is 13.4. The lowest BCUT2D eigenvalue weighted by atomic mass is 10.2. The summed E-state index contributed by atoms with van der Waals surface area (Å²) >= 11 is 0. The molecule has 0 aliphatic heterocycles. The van der Waals surface area contributed by atoms with Crippen LogP contribution < -0.4 is 10.4 Å². The summed E-state index contributed by atoms with van der Waals surface area (Å²) in [5, 5.41) is 9.77. The van der Waals surface area contributed by atoms with E-state index in [9.17, 15) is 4.79 Å². The molecule has 0 aliphatic carbocycles. The van der Waals surface area contributed by atoms with Gasteiger partial charge in [-0.3, -0.25) is 0 Å². The normalized spacial score (nSPS) is 10.2. The maximum absolute atomic E-state index is 11.2. The Morgan fingerprint density at radius 1 is 1.20 bits per heavy atom. The van der Waals surface area contributed by atoms with Gasteiger partial charge in [0.1, 0.15) is 23.0 Å². The highest BCUT2D eigenvalue weighted by Gasteiger charge is 2.06. The number of pyridine rings is 1. The molecule has 3 aromatic rings. The SMILES string of the molecule is N#Cc1cccnc1Oc1ccc2ccc(=O)oc2c1. The molecular weight excluding hydrogens is 256 g/mol. The van der Waals surface area contributed by atoms with Gasteiger partial charge in [-0.15, -0.1) is 0 Å². The fourth-order valence-corrected chi connectivity index (χ4v) is 1.77. The van der Waals surface area contributed by atoms with Gasteiger partial charge in [-0.25, -0.2) is 9.78 Å². The summed E-state index contributed by atoms with van der Waals surface area (Å²) in [6.45, 7) is 0. The molecule has 0 spiro atoms. The van der Waals surface area contributed by atoms with Crippen molar-refractivity contribution >= 4 is 11.0 Å². The van der Waals surface area contributed by atoms with Crippen molar-refractivity contribution in [1.82, 2.24) is 4.98 Å². The molecule has 0 fully saturated rings. The average molecular weight is 264 g/mol. The van der Waals surface area contributed by atoms with Crippen molar-refractivity contribution in [2.24, 2.45) is 0 Å². The van der Waals surface area contributed by atoms with Gasteiger partial charge in [0.05, 0.1) is 0 Å². The second kappa shape index (κ2) is 4.86. The zero-order valence-electron chi connectivity index (χ0n) is 10.2. The molecule has 1 aromatic carbocycles. The number of aromatic nitrogens is 1. The first-order valence-electron chi connectivity index (χ1n) is 5.83. The van der Waals surface area contributed by atoms with Gasteiger partial charge < -0.3 is 9.15 Å². The third-order valence-electron chi connectivity index (χ3n) is 2.70. The van der Waals surface area contributed by atoms with E-state index in [0.29, 0.717) is 16.9 Å². The van der Waals surface area contributed by atoms with E-state index in [0.717, 1.165) is 5.39 Å². The predicted molar refractivity (Wildman–Crippen MR) is 71.5 cm³/mol. The third-order valence-corrected chi connectivity index (χ3v) is 2.70. The molecule has 0 aliphatic rings. The molecule has 0 bridgehead atoms. The Kier molecular flexibility index (Phi) is 2.90. The number of hydrogen-bond donors (Lipinski definition) is 0. The van der Waals surface area contributed by atoms with Crippen LogP contribution in [-0.2, 0) is 0 Å². The Morgan fingerprint density at radius 3 is 2.90 bits per heavy atom. The van der Waals surface area contributed by atoms with Crippen LogP contribution in [0.1, 0.15) is 5.56 Å². The lowest BCUT2D eigenvalue weighted by Crippen LogP contribution is -1.95. The molecule has 0 saturated carbocycles. The molecule has 0 atom stereocenters. The molecule has 96 valence electrons. The highest BCUT2D eigenvalue weighted by atomic mass is 16.5. The summed E-state index contributed by atoms with van der Waals surface area (Å²) in [7, 11) is 0. The second-order valence-electron chi connectivity index (χ2n) is 4.02. The van der Waals surface area contributed by atoms with Crippen molar-refractivity contribution in [1.29, 1.82) is 5.26 Å². The van der Waals surface area contributed by atoms with Gasteiger partial charge in [0.25, 0.3) is 0 Å². The highest BCUT2D eigenvalue weighted by molar-refractivity contribution is 5.77. The fourth-order valence-electron chi connectivity index (χ4n) is 1.77. The molecule has 0 amide bonds. The monoisotopic (exact) mass is 264 g/mol. The van der Waals surface area contributed by atoms with Crippen LogP contribution in [0.4, 0.5) is 0 Å². The van der Waals surface area contributed by atoms with Crippen molar-refractivity contribution in [2.45, 2.75) is 0 Å². The number of benzene rings is 1. The van der Waals surface area contributed by atoms with Gasteiger partial charge in [0, 0.05) is 23.7 Å². The van der Waals surface area contributed by atoms with Gasteiger partial charge in [-0.2, -0.15) is 5.26 Å². The fraction of sp³-hybridized carbons (Fsp3) is 0. The van der Waals surface area contributed by atoms with Crippen molar-refractivity contribution in [2.75, 3.05) is 0 Å². The Hall–Kier alpha value is -3.13. The molecule has 0 radical (unpaired) electrons. The van der Waals surface area contributed by atoms with E-state index in [-0.39, 0.29) is 5.88 Å². The average Bonchev–Trinajstić information content (AvgIpc) is 2.47. The maximum atomic E-state index is 11.2. The number of hydrogen-bond acceptors (Lipinski definition) is 5. The Balaban J connectivity index is 2.03. The zero-order valence-corrected chi connectivity index (χ0v) is 10.2. The van der Waals surface area contributed by atoms with E-state index < -0.39 is 5.63 Å². The smallest absolute Gasteiger partial charge is 0.336 e. The molecule has 0 saturated heterocycles. The van der Waals surface area contributed by atoms with E-state index in [4.69, 9.17) is 14.4 Å². The predicted octanol–water partition coefficient (Wildman–Crippen LogP) is 2.85. The van der Waals surface area contributed by atoms with Crippen LogP contribution in [-0.4, -0.2) is 4.98 Å². The summed E-state index contributed by atoms with van der Waals surface area (Å²) in [5.41, 5.74) is 0.330. The zero-order chi connectivity index (χ0) is 13.9. The number of nitriles is 1. The topological polar surface area (TPSA) is 76.1 Å². The molecule has 5 heteroatoms. The lowest BCUT2D eigenvalue weighted by molar-refractivity contribution is 0.460. The molecular formula is C15H8N2O3. The molecule has 20 heavy (non-hydrogen) atoms. The van der Waals surface area contributed by atoms with Crippen LogP contribution in [0, 0.1) is 11.3 Å². The van der Waals surface area contributed by atoms with E-state index in [2.05, 4.69) is 4.98 Å². The standard InChI is InChI=1S/C15H8N2O3/c16-9-11-2-1-7-17-15(11)19-12-5-3-10-4-6-14(18)20-13(10)8-12/h1-8H. The lowest BCUT2D eigenvalue weighted by Gasteiger charge is -2.06. The Morgan fingerprint density at radius 2 is 2.05 bits per heavy atom. The molecule has 2 heterocycles. The summed E-state index contributed by atoms with van der Waals surface area (Å²) < 4.78 is 10.6. The van der Waals surface area contributed by atoms with Crippen LogP contribution in [0.5, 0.6) is 11.6 Å². The van der Waals surface area contributed by atoms with Crippen LogP contribution in [0.3, 0.4) is 0 Å². The number of rotatable bonds is 2. The highest BCUT2D eigenvalue weighted by Crippen LogP contribution is 2.25. The Labute approximate surface area is 113 Å². The van der Waals surface area contributed by atoms with E-state index in [1.165, 1.54) is 12.3 Å². The largest absolute Gasteiger partial charge is 0.438 e. The van der Waals surface area contributed by atoms with Gasteiger partial charge in [0.15, 0.2) is 0 Å². The Bertz CT molecular complexity index is 878. The van der Waals surface area contributed by atoms with E-state index in [1.54, 1.807) is 36.4 Å². The first-order chi connectivity index (χ1) is 9.76. The minimum Gasteiger partial charge on any atom is -0.438 e. The summed E-state index contributed by atoms with van der Waals surface area (Å²) in [4.78, 5) is 15.2. The number of ether oxygens (including phenoxy) is 1. The minimum absolute atomic E-state index is 0.215. The van der Waals surface area contributed by atoms with Crippen LogP contribution in [0.2, 0.25) is 0 Å². The molecule has 0 N–H and O–H groups in total. The van der Waals surface area contributed by atoms with E-state index in [1.807, 2.05) is 6.07 Å². The van der Waals surface area contributed by atoms with E-state index >= 15 is 0 Å². The first-order valence-corrected chi connectivity index (χ1v) is 5.83. The van der Waals surface area contributed by atoms with Crippen LogP contribution >= 0.6 is 0 Å². The number of fused-ring (bicyclic) bond motifs is 1. The van der Waals surface area contributed by atoms with Crippen molar-refractivity contribution < 1.29 is 9.15 Å². The van der Waals surface area contributed by atoms with Crippen molar-refractivity contribution in [3.8, 4) is 17.7 Å². The van der Waals surface area contributed by atoms with Gasteiger partial charge >= 0.3 is 5.63 Å². The first kappa shape index (κ1) is 11.9. The molecule has 3 rings (SSSR count). The van der Waals surface area contributed by atoms with Crippen molar-refractivity contribution in [3.05, 3.63) is 64.6 Å². The maximum Gasteiger partial charge on any atom is 0.336 e. The van der Waals surface area contributed by atoms with Gasteiger partial charge in [0.2, 0.25) is 5.88 Å². The molecule has 2 aromatic heterocycles. The van der Waals surface area contributed by atoms with Gasteiger partial charge in [-0.05, 0) is 30.3 Å². The second-order valence-corrected chi connectivity index (χ2v) is 4.02. The number of nitrogens with zero attached hydrogens (tertiary/aromatic N) is 2. The summed E-state index contributed by atoms with van der Waals surface area (Å²) in [5.74, 6) is 0.662. The third kappa shape index (κ3) is 2.22. The minimum atomic E-state index is -0.426. The van der Waals surface area contributed by atoms with Crippen LogP contribution in [0.25, 0.3) is 11.0 Å². The van der Waals surface area contributed by atoms with Crippen LogP contribution in [0.15, 0.2) is 57.9 Å². The molecule has 0 unspecified atom stereocenters. The van der Waals surface area contributed by atoms with Gasteiger partial charge in [-0.1, -0.05) is 0 Å². The van der Waals surface area contributed by atoms with Crippen molar-refractivity contribution in [3.63, 3.8) is 0 Å². The quantitative estimate of drug-likeness (QED) is 0.665. The molecule has 5 nitrogen and oxygen atoms in total. The summed E-state index contributed by atoms with van der Waals surface area (Å²) in [6.07, 6.45) is 1.54.